The molecule has 0 aliphatic carbocycles. The van der Waals surface area contributed by atoms with Gasteiger partial charge in [0.2, 0.25) is 5.78 Å². The number of carbonyl (C=O) groups is 1. The van der Waals surface area contributed by atoms with Crippen LogP contribution in [0.2, 0.25) is 0 Å². The second-order valence-corrected chi connectivity index (χ2v) is 3.48. The van der Waals surface area contributed by atoms with Crippen LogP contribution < -0.4 is 4.74 Å². The number of hydrogen-bond acceptors (Lipinski definition) is 3. The van der Waals surface area contributed by atoms with Gasteiger partial charge in [0.1, 0.15) is 11.4 Å². The highest BCUT2D eigenvalue weighted by atomic mass is 16.5. The lowest BCUT2D eigenvalue weighted by Gasteiger charge is -2.05. The molecule has 0 saturated heterocycles. The van der Waals surface area contributed by atoms with Gasteiger partial charge in [-0.15, -0.1) is 0 Å². The zero-order valence-corrected chi connectivity index (χ0v) is 9.15. The summed E-state index contributed by atoms with van der Waals surface area (Å²) >= 11 is 0. The first-order valence-electron chi connectivity index (χ1n) is 4.91. The van der Waals surface area contributed by atoms with Crippen molar-refractivity contribution in [3.8, 4) is 5.75 Å². The molecule has 0 aliphatic heterocycles. The number of nitrogens with one attached hydrogen (secondary N) is 1. The standard InChI is InChI=1S/C12H12N2O2/c1-8-7-9(3-4-11(8)16-2)12(15)10-5-6-13-14-10/h3-7H,1-2H3,(H,13,14). The van der Waals surface area contributed by atoms with E-state index < -0.39 is 0 Å². The Morgan fingerprint density at radius 1 is 1.38 bits per heavy atom. The van der Waals surface area contributed by atoms with E-state index in [1.807, 2.05) is 13.0 Å². The molecule has 0 bridgehead atoms. The van der Waals surface area contributed by atoms with E-state index in [0.29, 0.717) is 11.3 Å². The van der Waals surface area contributed by atoms with Crippen LogP contribution in [0.25, 0.3) is 0 Å². The first kappa shape index (κ1) is 10.4. The fraction of sp³-hybridized carbons (Fsp3) is 0.167. The monoisotopic (exact) mass is 216 g/mol. The fourth-order valence-corrected chi connectivity index (χ4v) is 1.56. The second-order valence-electron chi connectivity index (χ2n) is 3.48. The zero-order valence-electron chi connectivity index (χ0n) is 9.15. The van der Waals surface area contributed by atoms with Crippen molar-refractivity contribution >= 4 is 5.78 Å². The number of aromatic amines is 1. The van der Waals surface area contributed by atoms with Crippen LogP contribution in [-0.4, -0.2) is 23.1 Å². The summed E-state index contributed by atoms with van der Waals surface area (Å²) in [4.78, 5) is 11.9. The number of methoxy groups -OCH3 is 1. The average Bonchev–Trinajstić information content (AvgIpc) is 2.81. The van der Waals surface area contributed by atoms with Crippen molar-refractivity contribution in [3.63, 3.8) is 0 Å². The van der Waals surface area contributed by atoms with Crippen LogP contribution >= 0.6 is 0 Å². The van der Waals surface area contributed by atoms with Crippen molar-refractivity contribution in [2.45, 2.75) is 6.92 Å². The van der Waals surface area contributed by atoms with Crippen LogP contribution in [0.4, 0.5) is 0 Å². The van der Waals surface area contributed by atoms with Crippen molar-refractivity contribution in [1.29, 1.82) is 0 Å². The molecule has 0 spiro atoms. The molecule has 16 heavy (non-hydrogen) atoms. The number of ether oxygens (including phenoxy) is 1. The molecule has 0 aliphatic rings. The summed E-state index contributed by atoms with van der Waals surface area (Å²) in [5.74, 6) is 0.712. The van der Waals surface area contributed by atoms with Gasteiger partial charge in [0.05, 0.1) is 7.11 Å². The molecule has 1 aromatic carbocycles. The number of rotatable bonds is 3. The highest BCUT2D eigenvalue weighted by molar-refractivity contribution is 6.07. The third-order valence-electron chi connectivity index (χ3n) is 2.40. The van der Waals surface area contributed by atoms with E-state index in [0.717, 1.165) is 11.3 Å². The van der Waals surface area contributed by atoms with Gasteiger partial charge in [0, 0.05) is 11.8 Å². The minimum Gasteiger partial charge on any atom is -0.496 e. The predicted molar refractivity (Wildman–Crippen MR) is 59.8 cm³/mol. The van der Waals surface area contributed by atoms with Crippen LogP contribution in [0.1, 0.15) is 21.6 Å². The molecule has 0 atom stereocenters. The molecule has 82 valence electrons. The molecule has 0 radical (unpaired) electrons. The predicted octanol–water partition coefficient (Wildman–Crippen LogP) is 1.96. The Kier molecular flexibility index (Phi) is 2.72. The smallest absolute Gasteiger partial charge is 0.210 e. The maximum absolute atomic E-state index is 11.9. The van der Waals surface area contributed by atoms with E-state index in [1.165, 1.54) is 0 Å². The highest BCUT2D eigenvalue weighted by Crippen LogP contribution is 2.19. The number of carbonyl (C=O) groups excluding carboxylic acids is 1. The zero-order chi connectivity index (χ0) is 11.5. The van der Waals surface area contributed by atoms with Crippen molar-refractivity contribution in [2.24, 2.45) is 0 Å². The van der Waals surface area contributed by atoms with Crippen molar-refractivity contribution in [2.75, 3.05) is 7.11 Å². The number of nitrogens with zero attached hydrogens (tertiary/aromatic N) is 1. The number of benzene rings is 1. The van der Waals surface area contributed by atoms with Gasteiger partial charge in [0.25, 0.3) is 0 Å². The van der Waals surface area contributed by atoms with Gasteiger partial charge in [-0.05, 0) is 36.8 Å². The summed E-state index contributed by atoms with van der Waals surface area (Å²) in [5, 5.41) is 6.41. The quantitative estimate of drug-likeness (QED) is 0.798. The Balaban J connectivity index is 2.35. The van der Waals surface area contributed by atoms with Crippen LogP contribution in [-0.2, 0) is 0 Å². The molecule has 1 heterocycles. The Morgan fingerprint density at radius 2 is 2.19 bits per heavy atom. The summed E-state index contributed by atoms with van der Waals surface area (Å²) < 4.78 is 5.14. The largest absolute Gasteiger partial charge is 0.496 e. The van der Waals surface area contributed by atoms with Gasteiger partial charge in [-0.2, -0.15) is 5.10 Å². The first-order chi connectivity index (χ1) is 7.72. The van der Waals surface area contributed by atoms with E-state index in [1.54, 1.807) is 31.5 Å². The molecule has 2 aromatic rings. The van der Waals surface area contributed by atoms with Gasteiger partial charge in [-0.25, -0.2) is 0 Å². The molecule has 0 saturated carbocycles. The SMILES string of the molecule is COc1ccc(C(=O)c2ccn[nH]2)cc1C. The molecule has 4 nitrogen and oxygen atoms in total. The number of aromatic nitrogens is 2. The van der Waals surface area contributed by atoms with Crippen LogP contribution in [0.3, 0.4) is 0 Å². The van der Waals surface area contributed by atoms with Crippen LogP contribution in [0.15, 0.2) is 30.5 Å². The molecule has 0 unspecified atom stereocenters. The molecule has 2 rings (SSSR count). The molecule has 1 N–H and O–H groups in total. The lowest BCUT2D eigenvalue weighted by Crippen LogP contribution is -2.02. The van der Waals surface area contributed by atoms with Gasteiger partial charge in [0.15, 0.2) is 0 Å². The number of ketones is 1. The third-order valence-corrected chi connectivity index (χ3v) is 2.40. The lowest BCUT2D eigenvalue weighted by molar-refractivity contribution is 0.103. The second kappa shape index (κ2) is 4.18. The number of aryl methyl sites for hydroxylation is 1. The van der Waals surface area contributed by atoms with E-state index in [2.05, 4.69) is 10.2 Å². The minimum atomic E-state index is -0.0664. The number of hydrogen-bond donors (Lipinski definition) is 1. The Hall–Kier alpha value is -2.10. The van der Waals surface area contributed by atoms with Crippen molar-refractivity contribution < 1.29 is 9.53 Å². The van der Waals surface area contributed by atoms with E-state index >= 15 is 0 Å². The molecule has 0 fully saturated rings. The molecule has 1 aromatic heterocycles. The topological polar surface area (TPSA) is 55.0 Å². The van der Waals surface area contributed by atoms with E-state index in [-0.39, 0.29) is 5.78 Å². The summed E-state index contributed by atoms with van der Waals surface area (Å²) in [6.45, 7) is 1.91. The van der Waals surface area contributed by atoms with Crippen molar-refractivity contribution in [1.82, 2.24) is 10.2 Å². The molecule has 0 amide bonds. The first-order valence-corrected chi connectivity index (χ1v) is 4.91. The van der Waals surface area contributed by atoms with Gasteiger partial charge < -0.3 is 4.74 Å². The van der Waals surface area contributed by atoms with Crippen LogP contribution in [0.5, 0.6) is 5.75 Å². The summed E-state index contributed by atoms with van der Waals surface area (Å²) in [6.07, 6.45) is 1.56. The lowest BCUT2D eigenvalue weighted by atomic mass is 10.1. The Labute approximate surface area is 93.3 Å². The van der Waals surface area contributed by atoms with E-state index in [4.69, 9.17) is 4.74 Å². The maximum Gasteiger partial charge on any atom is 0.210 e. The Bertz CT molecular complexity index is 504. The van der Waals surface area contributed by atoms with Crippen molar-refractivity contribution in [3.05, 3.63) is 47.3 Å². The number of H-pyrrole nitrogens is 1. The van der Waals surface area contributed by atoms with Gasteiger partial charge in [-0.3, -0.25) is 9.89 Å². The summed E-state index contributed by atoms with van der Waals surface area (Å²) in [7, 11) is 1.61. The van der Waals surface area contributed by atoms with Gasteiger partial charge >= 0.3 is 0 Å². The Morgan fingerprint density at radius 3 is 2.75 bits per heavy atom. The minimum absolute atomic E-state index is 0.0664. The molecular formula is C12H12N2O2. The molecule has 4 heteroatoms. The maximum atomic E-state index is 11.9. The third kappa shape index (κ3) is 1.82. The summed E-state index contributed by atoms with van der Waals surface area (Å²) in [6, 6.07) is 7.00. The van der Waals surface area contributed by atoms with E-state index in [9.17, 15) is 4.79 Å². The van der Waals surface area contributed by atoms with Gasteiger partial charge in [-0.1, -0.05) is 0 Å². The van der Waals surface area contributed by atoms with Crippen LogP contribution in [0, 0.1) is 6.92 Å². The average molecular weight is 216 g/mol. The molecular weight excluding hydrogens is 204 g/mol. The fourth-order valence-electron chi connectivity index (χ4n) is 1.56. The normalized spacial score (nSPS) is 10.1. The summed E-state index contributed by atoms with van der Waals surface area (Å²) in [5.41, 5.74) is 2.06. The highest BCUT2D eigenvalue weighted by Gasteiger charge is 2.11.